The average molecular weight is 178 g/mol. The predicted octanol–water partition coefficient (Wildman–Crippen LogP) is 2.07. The van der Waals surface area contributed by atoms with Crippen LogP contribution in [0.2, 0.25) is 0 Å². The van der Waals surface area contributed by atoms with Gasteiger partial charge in [-0.05, 0) is 26.8 Å². The van der Waals surface area contributed by atoms with Crippen molar-refractivity contribution >= 4 is 5.97 Å². The van der Waals surface area contributed by atoms with E-state index < -0.39 is 11.6 Å². The van der Waals surface area contributed by atoms with Crippen molar-refractivity contribution in [3.8, 4) is 11.8 Å². The standard InChI is InChI=1S/C11H14O2/c1-6-8-11(5,7-2)13-10(12)9(3)4/h7H,2-3H2,1,4-5H3. The van der Waals surface area contributed by atoms with E-state index in [0.29, 0.717) is 5.57 Å². The molecule has 0 rings (SSSR count). The summed E-state index contributed by atoms with van der Waals surface area (Å²) in [6, 6.07) is 0. The number of rotatable bonds is 3. The first-order valence-electron chi connectivity index (χ1n) is 3.91. The monoisotopic (exact) mass is 178 g/mol. The van der Waals surface area contributed by atoms with Crippen LogP contribution in [0, 0.1) is 11.8 Å². The van der Waals surface area contributed by atoms with Gasteiger partial charge in [-0.25, -0.2) is 4.79 Å². The Hall–Kier alpha value is -1.49. The van der Waals surface area contributed by atoms with E-state index in [9.17, 15) is 4.79 Å². The number of hydrogen-bond acceptors (Lipinski definition) is 2. The summed E-state index contributed by atoms with van der Waals surface area (Å²) in [5.41, 5.74) is -0.559. The number of carbonyl (C=O) groups excluding carboxylic acids is 1. The summed E-state index contributed by atoms with van der Waals surface area (Å²) in [7, 11) is 0. The van der Waals surface area contributed by atoms with Gasteiger partial charge >= 0.3 is 5.97 Å². The van der Waals surface area contributed by atoms with E-state index in [4.69, 9.17) is 4.74 Å². The molecule has 0 heterocycles. The molecular weight excluding hydrogens is 164 g/mol. The van der Waals surface area contributed by atoms with Gasteiger partial charge in [0.25, 0.3) is 0 Å². The number of ether oxygens (including phenoxy) is 1. The van der Waals surface area contributed by atoms with E-state index in [1.54, 1.807) is 20.8 Å². The lowest BCUT2D eigenvalue weighted by molar-refractivity contribution is -0.145. The Morgan fingerprint density at radius 1 is 1.62 bits per heavy atom. The van der Waals surface area contributed by atoms with Crippen molar-refractivity contribution in [1.82, 2.24) is 0 Å². The molecule has 0 saturated heterocycles. The molecule has 70 valence electrons. The van der Waals surface area contributed by atoms with Gasteiger partial charge in [0.15, 0.2) is 5.60 Å². The zero-order chi connectivity index (χ0) is 10.5. The summed E-state index contributed by atoms with van der Waals surface area (Å²) < 4.78 is 5.06. The van der Waals surface area contributed by atoms with Crippen molar-refractivity contribution in [1.29, 1.82) is 0 Å². The van der Waals surface area contributed by atoms with E-state index in [0.717, 1.165) is 0 Å². The van der Waals surface area contributed by atoms with Crippen molar-refractivity contribution in [3.63, 3.8) is 0 Å². The Labute approximate surface area is 79.3 Å². The highest BCUT2D eigenvalue weighted by atomic mass is 16.6. The lowest BCUT2D eigenvalue weighted by Crippen LogP contribution is -2.27. The summed E-state index contributed by atoms with van der Waals surface area (Å²) >= 11 is 0. The van der Waals surface area contributed by atoms with Crippen LogP contribution < -0.4 is 0 Å². The predicted molar refractivity (Wildman–Crippen MR) is 53.0 cm³/mol. The second kappa shape index (κ2) is 4.51. The highest BCUT2D eigenvalue weighted by Crippen LogP contribution is 2.12. The van der Waals surface area contributed by atoms with Crippen molar-refractivity contribution in [2.24, 2.45) is 0 Å². The third-order valence-corrected chi connectivity index (χ3v) is 1.42. The van der Waals surface area contributed by atoms with Gasteiger partial charge in [-0.2, -0.15) is 0 Å². The van der Waals surface area contributed by atoms with Crippen molar-refractivity contribution < 1.29 is 9.53 Å². The van der Waals surface area contributed by atoms with E-state index >= 15 is 0 Å². The first kappa shape index (κ1) is 11.5. The fourth-order valence-corrected chi connectivity index (χ4v) is 0.646. The zero-order valence-corrected chi connectivity index (χ0v) is 8.31. The van der Waals surface area contributed by atoms with Gasteiger partial charge in [-0.3, -0.25) is 0 Å². The van der Waals surface area contributed by atoms with Gasteiger partial charge in [0.2, 0.25) is 0 Å². The maximum atomic E-state index is 11.2. The molecule has 0 bridgehead atoms. The second-order valence-electron chi connectivity index (χ2n) is 2.86. The Balaban J connectivity index is 4.60. The zero-order valence-electron chi connectivity index (χ0n) is 8.31. The quantitative estimate of drug-likeness (QED) is 0.286. The Kier molecular flexibility index (Phi) is 4.00. The molecule has 0 spiro atoms. The van der Waals surface area contributed by atoms with Crippen LogP contribution in [0.25, 0.3) is 0 Å². The molecule has 0 saturated carbocycles. The Bertz CT molecular complexity index is 291. The van der Waals surface area contributed by atoms with Gasteiger partial charge in [-0.15, -0.1) is 5.92 Å². The normalized spacial score (nSPS) is 13.2. The van der Waals surface area contributed by atoms with Crippen LogP contribution in [0.1, 0.15) is 20.8 Å². The summed E-state index contributed by atoms with van der Waals surface area (Å²) in [6.45, 7) is 12.0. The Morgan fingerprint density at radius 2 is 2.15 bits per heavy atom. The minimum absolute atomic E-state index is 0.353. The second-order valence-corrected chi connectivity index (χ2v) is 2.86. The topological polar surface area (TPSA) is 26.3 Å². The fraction of sp³-hybridized carbons (Fsp3) is 0.364. The van der Waals surface area contributed by atoms with Crippen LogP contribution in [0.5, 0.6) is 0 Å². The third-order valence-electron chi connectivity index (χ3n) is 1.42. The Morgan fingerprint density at radius 3 is 2.46 bits per heavy atom. The van der Waals surface area contributed by atoms with Gasteiger partial charge in [0.1, 0.15) is 0 Å². The van der Waals surface area contributed by atoms with Crippen LogP contribution in [0.3, 0.4) is 0 Å². The largest absolute Gasteiger partial charge is 0.439 e. The van der Waals surface area contributed by atoms with Crippen molar-refractivity contribution in [3.05, 3.63) is 24.8 Å². The lowest BCUT2D eigenvalue weighted by atomic mass is 10.1. The molecule has 13 heavy (non-hydrogen) atoms. The molecule has 0 N–H and O–H groups in total. The summed E-state index contributed by atoms with van der Waals surface area (Å²) in [5, 5.41) is 0. The van der Waals surface area contributed by atoms with Crippen molar-refractivity contribution in [2.75, 3.05) is 0 Å². The summed E-state index contributed by atoms with van der Waals surface area (Å²) in [4.78, 5) is 11.2. The van der Waals surface area contributed by atoms with Gasteiger partial charge < -0.3 is 4.74 Å². The summed E-state index contributed by atoms with van der Waals surface area (Å²) in [5.74, 6) is 4.96. The molecule has 0 amide bonds. The first-order chi connectivity index (χ1) is 5.95. The lowest BCUT2D eigenvalue weighted by Gasteiger charge is -2.19. The molecule has 1 unspecified atom stereocenters. The van der Waals surface area contributed by atoms with Crippen molar-refractivity contribution in [2.45, 2.75) is 26.4 Å². The molecular formula is C11H14O2. The highest BCUT2D eigenvalue weighted by Gasteiger charge is 2.22. The average Bonchev–Trinajstić information content (AvgIpc) is 2.04. The first-order valence-corrected chi connectivity index (χ1v) is 3.91. The number of carbonyl (C=O) groups is 1. The highest BCUT2D eigenvalue weighted by molar-refractivity contribution is 5.87. The van der Waals surface area contributed by atoms with E-state index in [1.165, 1.54) is 6.08 Å². The van der Waals surface area contributed by atoms with Crippen LogP contribution in [0.15, 0.2) is 24.8 Å². The van der Waals surface area contributed by atoms with E-state index in [2.05, 4.69) is 25.0 Å². The van der Waals surface area contributed by atoms with Crippen LogP contribution >= 0.6 is 0 Å². The molecule has 0 aliphatic heterocycles. The number of esters is 1. The van der Waals surface area contributed by atoms with Crippen LogP contribution in [0.4, 0.5) is 0 Å². The minimum Gasteiger partial charge on any atom is -0.439 e. The molecule has 0 aromatic heterocycles. The third kappa shape index (κ3) is 3.62. The molecule has 0 fully saturated rings. The maximum absolute atomic E-state index is 11.2. The van der Waals surface area contributed by atoms with Crippen LogP contribution in [-0.2, 0) is 9.53 Å². The smallest absolute Gasteiger partial charge is 0.334 e. The summed E-state index contributed by atoms with van der Waals surface area (Å²) in [6.07, 6.45) is 1.49. The van der Waals surface area contributed by atoms with E-state index in [1.807, 2.05) is 0 Å². The molecule has 0 radical (unpaired) electrons. The molecule has 0 aliphatic rings. The van der Waals surface area contributed by atoms with Gasteiger partial charge in [-0.1, -0.05) is 19.1 Å². The van der Waals surface area contributed by atoms with Gasteiger partial charge in [0.05, 0.1) is 0 Å². The van der Waals surface area contributed by atoms with E-state index in [-0.39, 0.29) is 0 Å². The molecule has 0 aromatic carbocycles. The van der Waals surface area contributed by atoms with Crippen LogP contribution in [-0.4, -0.2) is 11.6 Å². The number of hydrogen-bond donors (Lipinski definition) is 0. The van der Waals surface area contributed by atoms with Gasteiger partial charge in [0, 0.05) is 5.57 Å². The molecule has 0 aliphatic carbocycles. The molecule has 0 aromatic rings. The molecule has 2 heteroatoms. The molecule has 2 nitrogen and oxygen atoms in total. The SMILES string of the molecule is C=CC(C)(C#CC)OC(=O)C(=C)C. The molecule has 1 atom stereocenters. The maximum Gasteiger partial charge on any atom is 0.334 e. The fourth-order valence-electron chi connectivity index (χ4n) is 0.646. The minimum atomic E-state index is -0.912.